The molecular weight excluding hydrogens is 422 g/mol. The molecule has 0 rings (SSSR count). The topological polar surface area (TPSA) is 271 Å². The number of aliphatic carboxylic acids is 2. The van der Waals surface area contributed by atoms with Gasteiger partial charge in [0, 0.05) is 12.8 Å². The molecule has 4 amide bonds. The highest BCUT2D eigenvalue weighted by Gasteiger charge is 2.30. The van der Waals surface area contributed by atoms with Gasteiger partial charge in [0.15, 0.2) is 0 Å². The van der Waals surface area contributed by atoms with E-state index in [1.807, 2.05) is 5.32 Å². The lowest BCUT2D eigenvalue weighted by atomic mass is 10.1. The Morgan fingerprint density at radius 1 is 0.710 bits per heavy atom. The van der Waals surface area contributed by atoms with Gasteiger partial charge in [-0.3, -0.25) is 24.0 Å². The summed E-state index contributed by atoms with van der Waals surface area (Å²) >= 11 is 0. The van der Waals surface area contributed by atoms with Gasteiger partial charge in [-0.1, -0.05) is 0 Å². The van der Waals surface area contributed by atoms with Crippen LogP contribution in [-0.2, 0) is 28.8 Å². The van der Waals surface area contributed by atoms with Crippen LogP contribution >= 0.6 is 0 Å². The molecule has 0 aromatic rings. The van der Waals surface area contributed by atoms with E-state index >= 15 is 0 Å². The van der Waals surface area contributed by atoms with Gasteiger partial charge in [0.2, 0.25) is 23.6 Å². The molecule has 0 aliphatic heterocycles. The number of aliphatic hydroxyl groups excluding tert-OH is 2. The first-order chi connectivity index (χ1) is 14.4. The Bertz CT molecular complexity index is 686. The molecule has 0 aliphatic carbocycles. The molecule has 11 N–H and O–H groups in total. The number of nitrogens with one attached hydrogen (secondary N) is 3. The maximum absolute atomic E-state index is 12.4. The van der Waals surface area contributed by atoms with Gasteiger partial charge >= 0.3 is 11.9 Å². The molecule has 0 aliphatic rings. The average Bonchev–Trinajstić information content (AvgIpc) is 2.70. The van der Waals surface area contributed by atoms with E-state index in [0.29, 0.717) is 0 Å². The van der Waals surface area contributed by atoms with Crippen molar-refractivity contribution in [3.63, 3.8) is 0 Å². The van der Waals surface area contributed by atoms with Crippen LogP contribution in [0.2, 0.25) is 0 Å². The minimum atomic E-state index is -1.65. The fourth-order valence-electron chi connectivity index (χ4n) is 2.18. The Labute approximate surface area is 176 Å². The second kappa shape index (κ2) is 13.8. The number of carbonyl (C=O) groups is 6. The van der Waals surface area contributed by atoms with Crippen molar-refractivity contribution in [2.45, 2.75) is 49.9 Å². The van der Waals surface area contributed by atoms with Gasteiger partial charge in [-0.15, -0.1) is 0 Å². The van der Waals surface area contributed by atoms with Crippen molar-refractivity contribution < 1.29 is 49.2 Å². The normalized spacial score (nSPS) is 14.4. The van der Waals surface area contributed by atoms with Crippen molar-refractivity contribution in [1.29, 1.82) is 0 Å². The van der Waals surface area contributed by atoms with Crippen LogP contribution in [0.25, 0.3) is 0 Å². The Balaban J connectivity index is 5.23. The molecule has 15 nitrogen and oxygen atoms in total. The second-order valence-corrected chi connectivity index (χ2v) is 6.43. The summed E-state index contributed by atoms with van der Waals surface area (Å²) in [7, 11) is 0. The molecule has 0 radical (unpaired) electrons. The SMILES string of the molecule is NC(=O)CCC(NC(=O)C(CO)NC(=O)C(CCC(=O)O)NC(=O)C(N)CO)C(=O)O. The second-order valence-electron chi connectivity index (χ2n) is 6.43. The van der Waals surface area contributed by atoms with Gasteiger partial charge in [0.25, 0.3) is 0 Å². The van der Waals surface area contributed by atoms with E-state index in [2.05, 4.69) is 10.6 Å². The molecule has 0 saturated carbocycles. The molecule has 31 heavy (non-hydrogen) atoms. The number of carboxylic acids is 2. The molecule has 0 fully saturated rings. The third-order valence-electron chi connectivity index (χ3n) is 3.92. The maximum Gasteiger partial charge on any atom is 0.326 e. The smallest absolute Gasteiger partial charge is 0.326 e. The van der Waals surface area contributed by atoms with Crippen LogP contribution in [0.1, 0.15) is 25.7 Å². The highest BCUT2D eigenvalue weighted by atomic mass is 16.4. The third-order valence-corrected chi connectivity index (χ3v) is 3.92. The van der Waals surface area contributed by atoms with Gasteiger partial charge in [0.05, 0.1) is 13.2 Å². The molecule has 176 valence electrons. The quantitative estimate of drug-likeness (QED) is 0.114. The van der Waals surface area contributed by atoms with E-state index in [9.17, 15) is 33.9 Å². The van der Waals surface area contributed by atoms with Gasteiger partial charge in [-0.05, 0) is 12.8 Å². The number of hydrogen-bond acceptors (Lipinski definition) is 9. The van der Waals surface area contributed by atoms with Crippen molar-refractivity contribution in [1.82, 2.24) is 16.0 Å². The van der Waals surface area contributed by atoms with E-state index in [1.54, 1.807) is 0 Å². The minimum absolute atomic E-state index is 0.334. The Kier molecular flexibility index (Phi) is 12.4. The zero-order valence-corrected chi connectivity index (χ0v) is 16.4. The summed E-state index contributed by atoms with van der Waals surface area (Å²) in [5.41, 5.74) is 10.3. The number of carbonyl (C=O) groups excluding carboxylic acids is 4. The lowest BCUT2D eigenvalue weighted by Gasteiger charge is -2.23. The van der Waals surface area contributed by atoms with E-state index in [-0.39, 0.29) is 12.8 Å². The molecule has 0 aromatic carbocycles. The molecule has 0 saturated heterocycles. The van der Waals surface area contributed by atoms with Crippen LogP contribution < -0.4 is 27.4 Å². The zero-order valence-electron chi connectivity index (χ0n) is 16.4. The van der Waals surface area contributed by atoms with E-state index in [1.165, 1.54) is 0 Å². The summed E-state index contributed by atoms with van der Waals surface area (Å²) in [4.78, 5) is 69.3. The Hall–Kier alpha value is -3.30. The van der Waals surface area contributed by atoms with Crippen LogP contribution in [0.3, 0.4) is 0 Å². The summed E-state index contributed by atoms with van der Waals surface area (Å²) < 4.78 is 0. The van der Waals surface area contributed by atoms with Crippen LogP contribution in [0.15, 0.2) is 0 Å². The Morgan fingerprint density at radius 2 is 1.19 bits per heavy atom. The molecular formula is C16H27N5O10. The number of rotatable bonds is 15. The molecule has 0 spiro atoms. The summed E-state index contributed by atoms with van der Waals surface area (Å²) in [6.45, 7) is -1.71. The number of nitrogens with two attached hydrogens (primary N) is 2. The summed E-state index contributed by atoms with van der Waals surface area (Å²) in [5, 5.41) is 42.4. The van der Waals surface area contributed by atoms with E-state index in [4.69, 9.17) is 26.8 Å². The predicted molar refractivity (Wildman–Crippen MR) is 101 cm³/mol. The molecule has 0 aromatic heterocycles. The number of aliphatic hydroxyl groups is 2. The average molecular weight is 449 g/mol. The van der Waals surface area contributed by atoms with Crippen molar-refractivity contribution in [2.75, 3.05) is 13.2 Å². The molecule has 0 bridgehead atoms. The predicted octanol–water partition coefficient (Wildman–Crippen LogP) is -5.03. The van der Waals surface area contributed by atoms with Crippen molar-refractivity contribution in [2.24, 2.45) is 11.5 Å². The zero-order chi connectivity index (χ0) is 24.1. The molecule has 4 atom stereocenters. The molecule has 0 heterocycles. The summed E-state index contributed by atoms with van der Waals surface area (Å²) in [6, 6.07) is -6.05. The monoisotopic (exact) mass is 449 g/mol. The Morgan fingerprint density at radius 3 is 1.65 bits per heavy atom. The lowest BCUT2D eigenvalue weighted by Crippen LogP contribution is -2.58. The van der Waals surface area contributed by atoms with Gasteiger partial charge < -0.3 is 47.8 Å². The third kappa shape index (κ3) is 10.9. The van der Waals surface area contributed by atoms with Gasteiger partial charge in [0.1, 0.15) is 24.2 Å². The highest BCUT2D eigenvalue weighted by Crippen LogP contribution is 2.02. The maximum atomic E-state index is 12.4. The first-order valence-corrected chi connectivity index (χ1v) is 9.04. The number of primary amides is 1. The van der Waals surface area contributed by atoms with Gasteiger partial charge in [-0.25, -0.2) is 4.79 Å². The number of carboxylic acid groups (broad SMARTS) is 2. The fraction of sp³-hybridized carbons (Fsp3) is 0.625. The van der Waals surface area contributed by atoms with Crippen molar-refractivity contribution in [3.8, 4) is 0 Å². The first kappa shape index (κ1) is 27.7. The van der Waals surface area contributed by atoms with Crippen molar-refractivity contribution >= 4 is 35.6 Å². The van der Waals surface area contributed by atoms with Crippen LogP contribution in [-0.4, -0.2) is 93.4 Å². The highest BCUT2D eigenvalue weighted by molar-refractivity contribution is 5.94. The summed E-state index contributed by atoms with van der Waals surface area (Å²) in [6.07, 6.45) is -1.63. The van der Waals surface area contributed by atoms with Gasteiger partial charge in [-0.2, -0.15) is 0 Å². The van der Waals surface area contributed by atoms with E-state index < -0.39 is 85.8 Å². The first-order valence-electron chi connectivity index (χ1n) is 9.04. The fourth-order valence-corrected chi connectivity index (χ4v) is 2.18. The molecule has 15 heteroatoms. The largest absolute Gasteiger partial charge is 0.481 e. The number of amides is 4. The summed E-state index contributed by atoms with van der Waals surface area (Å²) in [5.74, 6) is -6.70. The molecule has 4 unspecified atom stereocenters. The van der Waals surface area contributed by atoms with Crippen LogP contribution in [0, 0.1) is 0 Å². The van der Waals surface area contributed by atoms with Crippen LogP contribution in [0.4, 0.5) is 0 Å². The van der Waals surface area contributed by atoms with Crippen molar-refractivity contribution in [3.05, 3.63) is 0 Å². The number of hydrogen-bond donors (Lipinski definition) is 9. The lowest BCUT2D eigenvalue weighted by molar-refractivity contribution is -0.143. The van der Waals surface area contributed by atoms with E-state index in [0.717, 1.165) is 0 Å². The minimum Gasteiger partial charge on any atom is -0.481 e. The standard InChI is InChI=1S/C16H27N5O10/c17-7(5-22)13(27)19-8(2-4-12(25)26)14(28)21-10(6-23)15(29)20-9(16(30)31)1-3-11(18)24/h7-10,22-23H,1-6,17H2,(H2,18,24)(H,19,27)(H,20,29)(H,21,28)(H,25,26)(H,30,31). The van der Waals surface area contributed by atoms with Crippen LogP contribution in [0.5, 0.6) is 0 Å².